The van der Waals surface area contributed by atoms with E-state index in [4.69, 9.17) is 28.3 Å². The van der Waals surface area contributed by atoms with Gasteiger partial charge in [0.25, 0.3) is 5.91 Å². The van der Waals surface area contributed by atoms with E-state index in [0.29, 0.717) is 40.9 Å². The second-order valence-electron chi connectivity index (χ2n) is 8.79. The Bertz CT molecular complexity index is 1300. The van der Waals surface area contributed by atoms with Crippen LogP contribution in [0.3, 0.4) is 0 Å². The van der Waals surface area contributed by atoms with Crippen LogP contribution in [-0.4, -0.2) is 45.1 Å². The number of piperazine rings is 1. The third kappa shape index (κ3) is 3.76. The summed E-state index contributed by atoms with van der Waals surface area (Å²) in [5, 5.41) is 8.60. The Labute approximate surface area is 210 Å². The number of aryl methyl sites for hydroxylation is 1. The molecule has 0 bridgehead atoms. The molecule has 0 unspecified atom stereocenters. The van der Waals surface area contributed by atoms with Crippen molar-refractivity contribution in [1.29, 1.82) is 0 Å². The van der Waals surface area contributed by atoms with Crippen LogP contribution >= 0.6 is 39.1 Å². The first kappa shape index (κ1) is 22.4. The molecule has 1 aliphatic carbocycles. The van der Waals surface area contributed by atoms with Gasteiger partial charge in [0.15, 0.2) is 5.69 Å². The lowest BCUT2D eigenvalue weighted by atomic mass is 9.88. The van der Waals surface area contributed by atoms with Gasteiger partial charge in [-0.3, -0.25) is 9.59 Å². The summed E-state index contributed by atoms with van der Waals surface area (Å²) in [5.74, 6) is -0.428. The van der Waals surface area contributed by atoms with Crippen LogP contribution < -0.4 is 5.32 Å². The molecule has 2 aliphatic rings. The van der Waals surface area contributed by atoms with Crippen molar-refractivity contribution in [1.82, 2.24) is 20.0 Å². The first-order chi connectivity index (χ1) is 15.7. The van der Waals surface area contributed by atoms with Crippen LogP contribution in [0.5, 0.6) is 0 Å². The second kappa shape index (κ2) is 8.15. The molecular weight excluding hydrogens is 527 g/mol. The molecule has 0 atom stereocenters. The molecule has 1 fully saturated rings. The van der Waals surface area contributed by atoms with E-state index in [2.05, 4.69) is 27.3 Å². The van der Waals surface area contributed by atoms with E-state index in [0.717, 1.165) is 27.7 Å². The molecule has 0 saturated carbocycles. The third-order valence-corrected chi connectivity index (χ3v) is 7.28. The van der Waals surface area contributed by atoms with E-state index in [1.165, 1.54) is 5.56 Å². The predicted octanol–water partition coefficient (Wildman–Crippen LogP) is 5.06. The van der Waals surface area contributed by atoms with Crippen molar-refractivity contribution < 1.29 is 9.59 Å². The summed E-state index contributed by atoms with van der Waals surface area (Å²) in [4.78, 5) is 27.9. The number of hydrogen-bond donors (Lipinski definition) is 1. The highest BCUT2D eigenvalue weighted by molar-refractivity contribution is 9.10. The van der Waals surface area contributed by atoms with Crippen LogP contribution in [0, 0.1) is 0 Å². The summed E-state index contributed by atoms with van der Waals surface area (Å²) in [6.45, 7) is 4.35. The van der Waals surface area contributed by atoms with Crippen LogP contribution in [0.2, 0.25) is 10.0 Å². The van der Waals surface area contributed by atoms with Gasteiger partial charge >= 0.3 is 0 Å². The summed E-state index contributed by atoms with van der Waals surface area (Å²) in [6, 6.07) is 11.4. The van der Waals surface area contributed by atoms with Crippen molar-refractivity contribution in [2.45, 2.75) is 32.2 Å². The standard InChI is InChI=1S/C24H21BrCl2N4O2/c1-24(2)23(33)28-7-8-30(24)22(32)20-18-6-4-13-3-5-14(25)9-19(13)21(18)31(29-20)17-11-15(26)10-16(27)12-17/h3,5,9-12H,4,6-8H2,1-2H3,(H,28,33). The molecule has 3 aromatic rings. The number of carbonyl (C=O) groups excluding carboxylic acids is 2. The van der Waals surface area contributed by atoms with Crippen molar-refractivity contribution in [3.05, 3.63) is 67.7 Å². The lowest BCUT2D eigenvalue weighted by molar-refractivity contribution is -0.133. The lowest BCUT2D eigenvalue weighted by Gasteiger charge is -2.40. The molecule has 1 saturated heterocycles. The number of carbonyl (C=O) groups is 2. The van der Waals surface area contributed by atoms with E-state index >= 15 is 0 Å². The van der Waals surface area contributed by atoms with Crippen LogP contribution in [-0.2, 0) is 17.6 Å². The number of fused-ring (bicyclic) bond motifs is 3. The van der Waals surface area contributed by atoms with Gasteiger partial charge in [-0.1, -0.05) is 45.2 Å². The van der Waals surface area contributed by atoms with Crippen molar-refractivity contribution >= 4 is 50.9 Å². The van der Waals surface area contributed by atoms with Crippen LogP contribution in [0.25, 0.3) is 16.9 Å². The van der Waals surface area contributed by atoms with Crippen molar-refractivity contribution in [3.63, 3.8) is 0 Å². The zero-order valence-electron chi connectivity index (χ0n) is 18.1. The summed E-state index contributed by atoms with van der Waals surface area (Å²) in [7, 11) is 0. The quantitative estimate of drug-likeness (QED) is 0.487. The molecule has 5 rings (SSSR count). The van der Waals surface area contributed by atoms with E-state index in [9.17, 15) is 9.59 Å². The van der Waals surface area contributed by atoms with E-state index in [1.807, 2.05) is 12.1 Å². The van der Waals surface area contributed by atoms with Crippen molar-refractivity contribution in [3.8, 4) is 16.9 Å². The lowest BCUT2D eigenvalue weighted by Crippen LogP contribution is -2.63. The summed E-state index contributed by atoms with van der Waals surface area (Å²) >= 11 is 16.2. The SMILES string of the molecule is CC1(C)C(=O)NCCN1C(=O)c1nn(-c2cc(Cl)cc(Cl)c2)c2c1CCc1ccc(Br)cc1-2. The molecule has 33 heavy (non-hydrogen) atoms. The van der Waals surface area contributed by atoms with Gasteiger partial charge in [-0.15, -0.1) is 0 Å². The normalized spacial score (nSPS) is 16.8. The van der Waals surface area contributed by atoms with Crippen LogP contribution in [0.1, 0.15) is 35.5 Å². The molecule has 2 amide bonds. The number of amides is 2. The van der Waals surface area contributed by atoms with E-state index in [-0.39, 0.29) is 11.8 Å². The molecule has 2 heterocycles. The Balaban J connectivity index is 1.73. The summed E-state index contributed by atoms with van der Waals surface area (Å²) < 4.78 is 2.69. The largest absolute Gasteiger partial charge is 0.352 e. The number of halogens is 3. The van der Waals surface area contributed by atoms with Crippen LogP contribution in [0.15, 0.2) is 40.9 Å². The number of rotatable bonds is 2. The van der Waals surface area contributed by atoms with Gasteiger partial charge in [0, 0.05) is 38.7 Å². The molecule has 6 nitrogen and oxygen atoms in total. The third-order valence-electron chi connectivity index (χ3n) is 6.35. The molecule has 1 aliphatic heterocycles. The highest BCUT2D eigenvalue weighted by Gasteiger charge is 2.43. The first-order valence-corrected chi connectivity index (χ1v) is 12.2. The summed E-state index contributed by atoms with van der Waals surface area (Å²) in [5.41, 5.74) is 3.95. The highest BCUT2D eigenvalue weighted by Crippen LogP contribution is 2.39. The Morgan fingerprint density at radius 1 is 1.12 bits per heavy atom. The maximum absolute atomic E-state index is 13.8. The monoisotopic (exact) mass is 546 g/mol. The van der Waals surface area contributed by atoms with Gasteiger partial charge in [0.05, 0.1) is 11.4 Å². The average Bonchev–Trinajstić information content (AvgIpc) is 3.15. The minimum atomic E-state index is -0.971. The summed E-state index contributed by atoms with van der Waals surface area (Å²) in [6.07, 6.45) is 1.46. The number of nitrogens with one attached hydrogen (secondary N) is 1. The minimum Gasteiger partial charge on any atom is -0.352 e. The molecule has 170 valence electrons. The predicted molar refractivity (Wildman–Crippen MR) is 132 cm³/mol. The fraction of sp³-hybridized carbons (Fsp3) is 0.292. The Hall–Kier alpha value is -2.35. The number of nitrogens with zero attached hydrogens (tertiary/aromatic N) is 3. The Morgan fingerprint density at radius 3 is 2.58 bits per heavy atom. The van der Waals surface area contributed by atoms with Crippen molar-refractivity contribution in [2.75, 3.05) is 13.1 Å². The number of hydrogen-bond acceptors (Lipinski definition) is 3. The Kier molecular flexibility index (Phi) is 5.54. The maximum atomic E-state index is 13.8. The molecule has 0 spiro atoms. The van der Waals surface area contributed by atoms with E-state index in [1.54, 1.807) is 41.6 Å². The molecule has 0 radical (unpaired) electrons. The zero-order chi connectivity index (χ0) is 23.5. The second-order valence-corrected chi connectivity index (χ2v) is 10.6. The average molecular weight is 548 g/mol. The highest BCUT2D eigenvalue weighted by atomic mass is 79.9. The van der Waals surface area contributed by atoms with Gasteiger partial charge in [0.1, 0.15) is 5.54 Å². The topological polar surface area (TPSA) is 67.2 Å². The maximum Gasteiger partial charge on any atom is 0.275 e. The van der Waals surface area contributed by atoms with E-state index < -0.39 is 5.54 Å². The Morgan fingerprint density at radius 2 is 1.85 bits per heavy atom. The molecule has 9 heteroatoms. The van der Waals surface area contributed by atoms with Crippen molar-refractivity contribution in [2.24, 2.45) is 0 Å². The van der Waals surface area contributed by atoms with Gasteiger partial charge in [-0.05, 0) is 62.6 Å². The van der Waals surface area contributed by atoms with Gasteiger partial charge < -0.3 is 10.2 Å². The van der Waals surface area contributed by atoms with Gasteiger partial charge in [-0.25, -0.2) is 4.68 Å². The first-order valence-electron chi connectivity index (χ1n) is 10.6. The van der Waals surface area contributed by atoms with Crippen LogP contribution in [0.4, 0.5) is 0 Å². The molecular formula is C24H21BrCl2N4O2. The molecule has 2 aromatic carbocycles. The number of aromatic nitrogens is 2. The smallest absolute Gasteiger partial charge is 0.275 e. The zero-order valence-corrected chi connectivity index (χ0v) is 21.2. The fourth-order valence-electron chi connectivity index (χ4n) is 4.61. The van der Waals surface area contributed by atoms with Gasteiger partial charge in [0.2, 0.25) is 5.91 Å². The molecule has 1 N–H and O–H groups in total. The minimum absolute atomic E-state index is 0.175. The number of benzene rings is 2. The van der Waals surface area contributed by atoms with Gasteiger partial charge in [-0.2, -0.15) is 5.10 Å². The molecule has 1 aromatic heterocycles. The fourth-order valence-corrected chi connectivity index (χ4v) is 5.49.